The molecule has 0 unspecified atom stereocenters. The summed E-state index contributed by atoms with van der Waals surface area (Å²) in [5.74, 6) is 1.01. The minimum atomic E-state index is 0.850. The van der Waals surface area contributed by atoms with E-state index in [-0.39, 0.29) is 0 Å². The van der Waals surface area contributed by atoms with Gasteiger partial charge in [0, 0.05) is 18.8 Å². The Morgan fingerprint density at radius 1 is 1.00 bits per heavy atom. The molecule has 0 saturated carbocycles. The van der Waals surface area contributed by atoms with Crippen LogP contribution in [0.25, 0.3) is 0 Å². The van der Waals surface area contributed by atoms with Crippen molar-refractivity contribution in [2.24, 2.45) is 0 Å². The first-order valence-corrected chi connectivity index (χ1v) is 7.38. The monoisotopic (exact) mass is 247 g/mol. The van der Waals surface area contributed by atoms with Crippen LogP contribution in [0.15, 0.2) is 24.3 Å². The first-order valence-electron chi connectivity index (χ1n) is 7.38. The van der Waals surface area contributed by atoms with E-state index in [0.29, 0.717) is 0 Å². The van der Waals surface area contributed by atoms with Crippen molar-refractivity contribution in [1.82, 2.24) is 0 Å². The van der Waals surface area contributed by atoms with E-state index in [1.807, 2.05) is 0 Å². The van der Waals surface area contributed by atoms with E-state index < -0.39 is 0 Å². The van der Waals surface area contributed by atoms with Crippen molar-refractivity contribution in [2.75, 3.05) is 24.6 Å². The highest BCUT2D eigenvalue weighted by atomic mass is 16.5. The van der Waals surface area contributed by atoms with Crippen molar-refractivity contribution in [3.8, 4) is 5.75 Å². The van der Waals surface area contributed by atoms with Crippen molar-refractivity contribution < 1.29 is 4.74 Å². The summed E-state index contributed by atoms with van der Waals surface area (Å²) in [4.78, 5) is 2.45. The molecule has 1 aliphatic heterocycles. The molecule has 2 rings (SSSR count). The second kappa shape index (κ2) is 7.30. The number of unbranched alkanes of at least 4 members (excludes halogenated alkanes) is 3. The standard InChI is InChI=1S/C16H25NO/c1-2-3-4-7-14-18-16-10-8-15(9-11-16)17-12-5-6-13-17/h8-11H,2-7,12-14H2,1H3. The van der Waals surface area contributed by atoms with Crippen molar-refractivity contribution in [2.45, 2.75) is 45.4 Å². The van der Waals surface area contributed by atoms with Gasteiger partial charge in [0.15, 0.2) is 0 Å². The fourth-order valence-electron chi connectivity index (χ4n) is 2.45. The fourth-order valence-corrected chi connectivity index (χ4v) is 2.45. The Hall–Kier alpha value is -1.18. The van der Waals surface area contributed by atoms with Gasteiger partial charge in [-0.05, 0) is 43.5 Å². The Morgan fingerprint density at radius 2 is 1.72 bits per heavy atom. The molecule has 18 heavy (non-hydrogen) atoms. The second-order valence-electron chi connectivity index (χ2n) is 5.10. The van der Waals surface area contributed by atoms with Crippen LogP contribution < -0.4 is 9.64 Å². The molecule has 1 aliphatic rings. The van der Waals surface area contributed by atoms with Gasteiger partial charge >= 0.3 is 0 Å². The van der Waals surface area contributed by atoms with Crippen LogP contribution in [0.3, 0.4) is 0 Å². The van der Waals surface area contributed by atoms with Crippen LogP contribution in [-0.2, 0) is 0 Å². The summed E-state index contributed by atoms with van der Waals surface area (Å²) >= 11 is 0. The lowest BCUT2D eigenvalue weighted by molar-refractivity contribution is 0.305. The molecule has 0 aliphatic carbocycles. The molecule has 1 aromatic rings. The molecule has 0 spiro atoms. The van der Waals surface area contributed by atoms with Crippen LogP contribution in [0.1, 0.15) is 45.4 Å². The normalized spacial score (nSPS) is 15.1. The average Bonchev–Trinajstić information content (AvgIpc) is 2.93. The topological polar surface area (TPSA) is 12.5 Å². The number of nitrogens with zero attached hydrogens (tertiary/aromatic N) is 1. The van der Waals surface area contributed by atoms with E-state index in [4.69, 9.17) is 4.74 Å². The van der Waals surface area contributed by atoms with E-state index >= 15 is 0 Å². The van der Waals surface area contributed by atoms with Crippen LogP contribution in [0.5, 0.6) is 5.75 Å². The second-order valence-corrected chi connectivity index (χ2v) is 5.10. The Labute approximate surface area is 111 Å². The average molecular weight is 247 g/mol. The van der Waals surface area contributed by atoms with E-state index in [9.17, 15) is 0 Å². The minimum Gasteiger partial charge on any atom is -0.494 e. The van der Waals surface area contributed by atoms with Gasteiger partial charge in [0.1, 0.15) is 5.75 Å². The number of rotatable bonds is 7. The van der Waals surface area contributed by atoms with Gasteiger partial charge in [-0.3, -0.25) is 0 Å². The number of anilines is 1. The van der Waals surface area contributed by atoms with Crippen molar-refractivity contribution >= 4 is 5.69 Å². The number of hydrogen-bond donors (Lipinski definition) is 0. The third kappa shape index (κ3) is 3.94. The first-order chi connectivity index (χ1) is 8.90. The Balaban J connectivity index is 1.73. The molecule has 1 aromatic carbocycles. The highest BCUT2D eigenvalue weighted by Crippen LogP contribution is 2.23. The molecule has 0 amide bonds. The van der Waals surface area contributed by atoms with E-state index in [2.05, 4.69) is 36.1 Å². The fraction of sp³-hybridized carbons (Fsp3) is 0.625. The Kier molecular flexibility index (Phi) is 5.37. The van der Waals surface area contributed by atoms with Crippen LogP contribution in [0.2, 0.25) is 0 Å². The van der Waals surface area contributed by atoms with Gasteiger partial charge in [-0.1, -0.05) is 26.2 Å². The highest BCUT2D eigenvalue weighted by molar-refractivity contribution is 5.49. The number of benzene rings is 1. The molecule has 0 bridgehead atoms. The van der Waals surface area contributed by atoms with Gasteiger partial charge in [-0.25, -0.2) is 0 Å². The van der Waals surface area contributed by atoms with Crippen molar-refractivity contribution in [3.63, 3.8) is 0 Å². The summed E-state index contributed by atoms with van der Waals surface area (Å²) in [5.41, 5.74) is 1.34. The molecule has 1 heterocycles. The molecular weight excluding hydrogens is 222 g/mol. The molecule has 1 fully saturated rings. The van der Waals surface area contributed by atoms with E-state index in [1.54, 1.807) is 0 Å². The predicted octanol–water partition coefficient (Wildman–Crippen LogP) is 4.25. The maximum absolute atomic E-state index is 5.75. The maximum atomic E-state index is 5.75. The molecule has 100 valence electrons. The summed E-state index contributed by atoms with van der Waals surface area (Å²) < 4.78 is 5.75. The molecule has 1 saturated heterocycles. The van der Waals surface area contributed by atoms with Gasteiger partial charge < -0.3 is 9.64 Å². The summed E-state index contributed by atoms with van der Waals surface area (Å²) in [7, 11) is 0. The summed E-state index contributed by atoms with van der Waals surface area (Å²) in [6.07, 6.45) is 7.71. The van der Waals surface area contributed by atoms with Crippen molar-refractivity contribution in [1.29, 1.82) is 0 Å². The van der Waals surface area contributed by atoms with E-state index in [1.165, 1.54) is 57.3 Å². The van der Waals surface area contributed by atoms with Crippen LogP contribution >= 0.6 is 0 Å². The number of hydrogen-bond acceptors (Lipinski definition) is 2. The molecule has 0 N–H and O–H groups in total. The lowest BCUT2D eigenvalue weighted by Crippen LogP contribution is -2.17. The quantitative estimate of drug-likeness (QED) is 0.668. The molecule has 2 heteroatoms. The zero-order valence-electron chi connectivity index (χ0n) is 11.5. The lowest BCUT2D eigenvalue weighted by atomic mass is 10.2. The van der Waals surface area contributed by atoms with Crippen LogP contribution in [0, 0.1) is 0 Å². The van der Waals surface area contributed by atoms with Gasteiger partial charge in [0.2, 0.25) is 0 Å². The maximum Gasteiger partial charge on any atom is 0.119 e. The predicted molar refractivity (Wildman–Crippen MR) is 77.5 cm³/mol. The number of ether oxygens (including phenoxy) is 1. The summed E-state index contributed by atoms with van der Waals surface area (Å²) in [6, 6.07) is 8.58. The Bertz CT molecular complexity index is 327. The lowest BCUT2D eigenvalue weighted by Gasteiger charge is -2.17. The smallest absolute Gasteiger partial charge is 0.119 e. The summed E-state index contributed by atoms with van der Waals surface area (Å²) in [6.45, 7) is 5.50. The third-order valence-electron chi connectivity index (χ3n) is 3.57. The molecular formula is C16H25NO. The van der Waals surface area contributed by atoms with Gasteiger partial charge in [0.25, 0.3) is 0 Å². The zero-order valence-corrected chi connectivity index (χ0v) is 11.5. The van der Waals surface area contributed by atoms with Crippen LogP contribution in [0.4, 0.5) is 5.69 Å². The Morgan fingerprint density at radius 3 is 2.39 bits per heavy atom. The highest BCUT2D eigenvalue weighted by Gasteiger charge is 2.11. The molecule has 0 atom stereocenters. The largest absolute Gasteiger partial charge is 0.494 e. The van der Waals surface area contributed by atoms with Gasteiger partial charge in [0.05, 0.1) is 6.61 Å². The van der Waals surface area contributed by atoms with Crippen molar-refractivity contribution in [3.05, 3.63) is 24.3 Å². The van der Waals surface area contributed by atoms with E-state index in [0.717, 1.165) is 12.4 Å². The third-order valence-corrected chi connectivity index (χ3v) is 3.57. The van der Waals surface area contributed by atoms with Gasteiger partial charge in [-0.15, -0.1) is 0 Å². The minimum absolute atomic E-state index is 0.850. The first kappa shape index (κ1) is 13.3. The molecule has 0 radical (unpaired) electrons. The molecule has 0 aromatic heterocycles. The molecule has 2 nitrogen and oxygen atoms in total. The zero-order chi connectivity index (χ0) is 12.6. The van der Waals surface area contributed by atoms with Gasteiger partial charge in [-0.2, -0.15) is 0 Å². The summed E-state index contributed by atoms with van der Waals surface area (Å²) in [5, 5.41) is 0. The SMILES string of the molecule is CCCCCCOc1ccc(N2CCCC2)cc1. The van der Waals surface area contributed by atoms with Crippen LogP contribution in [-0.4, -0.2) is 19.7 Å².